The number of tetrazole rings is 1. The van der Waals surface area contributed by atoms with Gasteiger partial charge >= 0.3 is 0 Å². The van der Waals surface area contributed by atoms with Gasteiger partial charge in [-0.05, 0) is 23.8 Å². The zero-order valence-electron chi connectivity index (χ0n) is 8.26. The average molecular weight is 197 g/mol. The lowest BCUT2D eigenvalue weighted by atomic mass is 10.0. The normalized spacial score (nSPS) is 24.0. The maximum Gasteiger partial charge on any atom is 0.165 e. The van der Waals surface area contributed by atoms with E-state index in [2.05, 4.69) is 22.4 Å². The molecule has 0 spiro atoms. The van der Waals surface area contributed by atoms with Gasteiger partial charge in [0.15, 0.2) is 5.82 Å². The van der Waals surface area contributed by atoms with E-state index in [1.807, 2.05) is 0 Å². The first-order chi connectivity index (χ1) is 6.83. The Labute approximate surface area is 82.4 Å². The van der Waals surface area contributed by atoms with E-state index in [4.69, 9.17) is 10.5 Å². The molecule has 78 valence electrons. The van der Waals surface area contributed by atoms with Gasteiger partial charge in [0.1, 0.15) is 0 Å². The van der Waals surface area contributed by atoms with Gasteiger partial charge in [-0.15, -0.1) is 5.10 Å². The van der Waals surface area contributed by atoms with Crippen molar-refractivity contribution in [2.45, 2.75) is 25.9 Å². The van der Waals surface area contributed by atoms with Crippen LogP contribution < -0.4 is 5.73 Å². The predicted molar refractivity (Wildman–Crippen MR) is 49.3 cm³/mol. The highest BCUT2D eigenvalue weighted by molar-refractivity contribution is 4.85. The molecular formula is C8H15N5O. The summed E-state index contributed by atoms with van der Waals surface area (Å²) in [6, 6.07) is 0.269. The van der Waals surface area contributed by atoms with E-state index < -0.39 is 0 Å². The highest BCUT2D eigenvalue weighted by Gasteiger charge is 2.25. The minimum absolute atomic E-state index is 0.269. The molecule has 1 saturated heterocycles. The summed E-state index contributed by atoms with van der Waals surface area (Å²) in [5.74, 6) is 1.24. The van der Waals surface area contributed by atoms with Crippen LogP contribution in [-0.2, 0) is 11.3 Å². The lowest BCUT2D eigenvalue weighted by molar-refractivity contribution is 0.172. The summed E-state index contributed by atoms with van der Waals surface area (Å²) in [5.41, 5.74) is 5.54. The van der Waals surface area contributed by atoms with Gasteiger partial charge in [-0.1, -0.05) is 0 Å². The topological polar surface area (TPSA) is 78.8 Å². The van der Waals surface area contributed by atoms with Crippen LogP contribution in [0.25, 0.3) is 0 Å². The van der Waals surface area contributed by atoms with Crippen molar-refractivity contribution in [2.75, 3.05) is 13.2 Å². The number of aromatic nitrogens is 4. The van der Waals surface area contributed by atoms with Crippen LogP contribution >= 0.6 is 0 Å². The maximum absolute atomic E-state index is 5.54. The molecule has 1 aromatic rings. The van der Waals surface area contributed by atoms with Crippen molar-refractivity contribution in [3.63, 3.8) is 0 Å². The van der Waals surface area contributed by atoms with Crippen LogP contribution in [0.3, 0.4) is 0 Å². The Balaban J connectivity index is 2.12. The third-order valence-electron chi connectivity index (χ3n) is 2.78. The zero-order chi connectivity index (χ0) is 9.97. The molecule has 0 saturated carbocycles. The fourth-order valence-corrected chi connectivity index (χ4v) is 1.80. The monoisotopic (exact) mass is 197 g/mol. The summed E-state index contributed by atoms with van der Waals surface area (Å²) < 4.78 is 7.14. The second-order valence-corrected chi connectivity index (χ2v) is 3.61. The molecule has 1 fully saturated rings. The Bertz CT molecular complexity index is 294. The number of ether oxygens (including phenoxy) is 1. The molecule has 2 heterocycles. The standard InChI is InChI=1S/C8H15N5O/c1-6(7-2-3-14-5-7)13-8(4-9)10-11-12-13/h6-7H,2-5,9H2,1H3. The summed E-state index contributed by atoms with van der Waals surface area (Å²) in [6.07, 6.45) is 1.07. The highest BCUT2D eigenvalue weighted by atomic mass is 16.5. The molecule has 0 aliphatic carbocycles. The molecule has 0 radical (unpaired) electrons. The van der Waals surface area contributed by atoms with Crippen molar-refractivity contribution in [1.29, 1.82) is 0 Å². The second kappa shape index (κ2) is 4.02. The van der Waals surface area contributed by atoms with Crippen LogP contribution in [0.15, 0.2) is 0 Å². The second-order valence-electron chi connectivity index (χ2n) is 3.61. The SMILES string of the molecule is CC(C1CCOC1)n1nnnc1CN. The molecule has 6 nitrogen and oxygen atoms in total. The Hall–Kier alpha value is -1.01. The van der Waals surface area contributed by atoms with Gasteiger partial charge < -0.3 is 10.5 Å². The third-order valence-corrected chi connectivity index (χ3v) is 2.78. The molecule has 2 unspecified atom stereocenters. The minimum atomic E-state index is 0.269. The molecule has 1 aliphatic heterocycles. The van der Waals surface area contributed by atoms with Gasteiger partial charge in [0, 0.05) is 12.5 Å². The molecule has 0 bridgehead atoms. The lowest BCUT2D eigenvalue weighted by Gasteiger charge is -2.18. The highest BCUT2D eigenvalue weighted by Crippen LogP contribution is 2.25. The van der Waals surface area contributed by atoms with Crippen LogP contribution in [0.4, 0.5) is 0 Å². The van der Waals surface area contributed by atoms with E-state index in [-0.39, 0.29) is 6.04 Å². The van der Waals surface area contributed by atoms with Crippen molar-refractivity contribution in [3.05, 3.63) is 5.82 Å². The fourth-order valence-electron chi connectivity index (χ4n) is 1.80. The van der Waals surface area contributed by atoms with Crippen molar-refractivity contribution >= 4 is 0 Å². The van der Waals surface area contributed by atoms with Crippen LogP contribution in [0, 0.1) is 5.92 Å². The zero-order valence-corrected chi connectivity index (χ0v) is 8.26. The van der Waals surface area contributed by atoms with E-state index in [0.29, 0.717) is 12.5 Å². The smallest absolute Gasteiger partial charge is 0.165 e. The Morgan fingerprint density at radius 3 is 3.21 bits per heavy atom. The first kappa shape index (κ1) is 9.54. The van der Waals surface area contributed by atoms with E-state index >= 15 is 0 Å². The van der Waals surface area contributed by atoms with Crippen LogP contribution in [-0.4, -0.2) is 33.4 Å². The van der Waals surface area contributed by atoms with Gasteiger partial charge in [-0.3, -0.25) is 0 Å². The number of hydrogen-bond acceptors (Lipinski definition) is 5. The molecule has 1 aliphatic rings. The number of hydrogen-bond donors (Lipinski definition) is 1. The van der Waals surface area contributed by atoms with Crippen LogP contribution in [0.5, 0.6) is 0 Å². The molecule has 0 aromatic carbocycles. The molecule has 2 N–H and O–H groups in total. The van der Waals surface area contributed by atoms with Gasteiger partial charge in [0.05, 0.1) is 19.2 Å². The lowest BCUT2D eigenvalue weighted by Crippen LogP contribution is -2.21. The van der Waals surface area contributed by atoms with Gasteiger partial charge in [-0.25, -0.2) is 4.68 Å². The van der Waals surface area contributed by atoms with Crippen LogP contribution in [0.1, 0.15) is 25.2 Å². The summed E-state index contributed by atoms with van der Waals surface area (Å²) in [7, 11) is 0. The fraction of sp³-hybridized carbons (Fsp3) is 0.875. The Kier molecular flexibility index (Phi) is 2.74. The molecule has 6 heteroatoms. The molecular weight excluding hydrogens is 182 g/mol. The first-order valence-electron chi connectivity index (χ1n) is 4.87. The molecule has 14 heavy (non-hydrogen) atoms. The number of rotatable bonds is 3. The molecule has 1 aromatic heterocycles. The maximum atomic E-state index is 5.54. The van der Waals surface area contributed by atoms with Gasteiger partial charge in [0.25, 0.3) is 0 Å². The van der Waals surface area contributed by atoms with Crippen molar-refractivity contribution in [3.8, 4) is 0 Å². The average Bonchev–Trinajstić information content (AvgIpc) is 2.87. The molecule has 0 amide bonds. The van der Waals surface area contributed by atoms with Crippen molar-refractivity contribution < 1.29 is 4.74 Å². The largest absolute Gasteiger partial charge is 0.381 e. The molecule has 2 atom stereocenters. The summed E-state index contributed by atoms with van der Waals surface area (Å²) in [4.78, 5) is 0. The van der Waals surface area contributed by atoms with Gasteiger partial charge in [-0.2, -0.15) is 0 Å². The van der Waals surface area contributed by atoms with Crippen molar-refractivity contribution in [2.24, 2.45) is 11.7 Å². The van der Waals surface area contributed by atoms with Crippen molar-refractivity contribution in [1.82, 2.24) is 20.2 Å². The molecule has 2 rings (SSSR count). The minimum Gasteiger partial charge on any atom is -0.381 e. The Morgan fingerprint density at radius 2 is 2.57 bits per heavy atom. The first-order valence-corrected chi connectivity index (χ1v) is 4.87. The van der Waals surface area contributed by atoms with Crippen LogP contribution in [0.2, 0.25) is 0 Å². The predicted octanol–water partition coefficient (Wildman–Crippen LogP) is -0.271. The summed E-state index contributed by atoms with van der Waals surface area (Å²) >= 11 is 0. The quantitative estimate of drug-likeness (QED) is 0.721. The number of nitrogens with zero attached hydrogens (tertiary/aromatic N) is 4. The number of nitrogens with two attached hydrogens (primary N) is 1. The van der Waals surface area contributed by atoms with E-state index in [0.717, 1.165) is 25.5 Å². The summed E-state index contributed by atoms with van der Waals surface area (Å²) in [5, 5.41) is 11.4. The van der Waals surface area contributed by atoms with E-state index in [9.17, 15) is 0 Å². The van der Waals surface area contributed by atoms with E-state index in [1.54, 1.807) is 4.68 Å². The van der Waals surface area contributed by atoms with Gasteiger partial charge in [0.2, 0.25) is 0 Å². The van der Waals surface area contributed by atoms with E-state index in [1.165, 1.54) is 0 Å². The Morgan fingerprint density at radius 1 is 1.71 bits per heavy atom. The summed E-state index contributed by atoms with van der Waals surface area (Å²) in [6.45, 7) is 4.12. The third kappa shape index (κ3) is 1.62.